The highest BCUT2D eigenvalue weighted by Gasteiger charge is 2.29. The Bertz CT molecular complexity index is 532. The van der Waals surface area contributed by atoms with E-state index in [1.807, 2.05) is 38.1 Å². The van der Waals surface area contributed by atoms with Gasteiger partial charge >= 0.3 is 5.97 Å². The zero-order valence-corrected chi connectivity index (χ0v) is 13.7. The van der Waals surface area contributed by atoms with Gasteiger partial charge in [-0.2, -0.15) is 0 Å². The maximum atomic E-state index is 12.2. The van der Waals surface area contributed by atoms with E-state index in [-0.39, 0.29) is 23.8 Å². The van der Waals surface area contributed by atoms with E-state index < -0.39 is 5.97 Å². The van der Waals surface area contributed by atoms with Crippen LogP contribution in [-0.2, 0) is 9.59 Å². The fourth-order valence-corrected chi connectivity index (χ4v) is 2.88. The summed E-state index contributed by atoms with van der Waals surface area (Å²) in [5, 5.41) is 11.9. The molecule has 1 aliphatic carbocycles. The van der Waals surface area contributed by atoms with E-state index in [0.29, 0.717) is 32.2 Å². The van der Waals surface area contributed by atoms with Gasteiger partial charge in [0.05, 0.1) is 12.5 Å². The Labute approximate surface area is 137 Å². The summed E-state index contributed by atoms with van der Waals surface area (Å²) in [5.74, 6) is -0.309. The molecule has 1 amide bonds. The Balaban J connectivity index is 1.71. The lowest BCUT2D eigenvalue weighted by Crippen LogP contribution is -2.39. The quantitative estimate of drug-likeness (QED) is 0.845. The average molecular weight is 319 g/mol. The van der Waals surface area contributed by atoms with E-state index in [1.165, 1.54) is 5.56 Å². The average Bonchev–Trinajstić information content (AvgIpc) is 2.55. The summed E-state index contributed by atoms with van der Waals surface area (Å²) in [6, 6.07) is 7.81. The molecule has 0 aromatic heterocycles. The number of carboxylic acids is 1. The van der Waals surface area contributed by atoms with Gasteiger partial charge in [0.2, 0.25) is 5.91 Å². The smallest absolute Gasteiger partial charge is 0.306 e. The third-order valence-electron chi connectivity index (χ3n) is 4.37. The second kappa shape index (κ2) is 7.99. The Kier molecular flexibility index (Phi) is 6.02. The lowest BCUT2D eigenvalue weighted by atomic mass is 9.81. The van der Waals surface area contributed by atoms with E-state index in [1.54, 1.807) is 0 Å². The summed E-state index contributed by atoms with van der Waals surface area (Å²) in [6.07, 6.45) is 2.36. The van der Waals surface area contributed by atoms with Crippen LogP contribution in [0.1, 0.15) is 38.2 Å². The Morgan fingerprint density at radius 3 is 2.30 bits per heavy atom. The summed E-state index contributed by atoms with van der Waals surface area (Å²) in [6.45, 7) is 4.39. The van der Waals surface area contributed by atoms with E-state index >= 15 is 0 Å². The second-order valence-electron chi connectivity index (χ2n) is 6.37. The van der Waals surface area contributed by atoms with Crippen molar-refractivity contribution in [3.63, 3.8) is 0 Å². The van der Waals surface area contributed by atoms with Crippen molar-refractivity contribution in [2.24, 2.45) is 11.8 Å². The Morgan fingerprint density at radius 2 is 1.74 bits per heavy atom. The molecular formula is C18H25NO4. The highest BCUT2D eigenvalue weighted by molar-refractivity contribution is 5.79. The zero-order valence-electron chi connectivity index (χ0n) is 13.7. The van der Waals surface area contributed by atoms with Gasteiger partial charge in [-0.05, 0) is 51.7 Å². The van der Waals surface area contributed by atoms with Gasteiger partial charge in [-0.25, -0.2) is 0 Å². The minimum Gasteiger partial charge on any atom is -0.489 e. The number of aliphatic carboxylic acids is 1. The van der Waals surface area contributed by atoms with Crippen LogP contribution in [0.4, 0.5) is 0 Å². The molecule has 2 N–H and O–H groups in total. The number of carboxylic acid groups (broad SMARTS) is 1. The predicted molar refractivity (Wildman–Crippen MR) is 87.4 cm³/mol. The molecule has 5 nitrogen and oxygen atoms in total. The maximum absolute atomic E-state index is 12.2. The first-order valence-corrected chi connectivity index (χ1v) is 8.19. The lowest BCUT2D eigenvalue weighted by molar-refractivity contribution is -0.144. The van der Waals surface area contributed by atoms with Crippen LogP contribution in [0.15, 0.2) is 24.3 Å². The van der Waals surface area contributed by atoms with Gasteiger partial charge in [0.25, 0.3) is 0 Å². The molecule has 1 atom stereocenters. The largest absolute Gasteiger partial charge is 0.489 e. The van der Waals surface area contributed by atoms with Crippen molar-refractivity contribution in [3.05, 3.63) is 29.8 Å². The Morgan fingerprint density at radius 1 is 1.17 bits per heavy atom. The van der Waals surface area contributed by atoms with E-state index in [4.69, 9.17) is 9.84 Å². The fraction of sp³-hybridized carbons (Fsp3) is 0.556. The van der Waals surface area contributed by atoms with Crippen molar-refractivity contribution in [1.29, 1.82) is 0 Å². The minimum absolute atomic E-state index is 0.00759. The van der Waals surface area contributed by atoms with Crippen LogP contribution >= 0.6 is 0 Å². The first-order valence-electron chi connectivity index (χ1n) is 8.19. The molecule has 0 aliphatic heterocycles. The van der Waals surface area contributed by atoms with Crippen molar-refractivity contribution in [1.82, 2.24) is 5.32 Å². The summed E-state index contributed by atoms with van der Waals surface area (Å²) in [4.78, 5) is 23.1. The number of ether oxygens (including phenoxy) is 1. The van der Waals surface area contributed by atoms with E-state index in [0.717, 1.165) is 5.75 Å². The molecule has 0 spiro atoms. The number of benzene rings is 1. The first kappa shape index (κ1) is 17.3. The normalized spacial score (nSPS) is 22.2. The monoisotopic (exact) mass is 319 g/mol. The van der Waals surface area contributed by atoms with Crippen LogP contribution in [0.3, 0.4) is 0 Å². The summed E-state index contributed by atoms with van der Waals surface area (Å²) < 4.78 is 5.76. The second-order valence-corrected chi connectivity index (χ2v) is 6.37. The van der Waals surface area contributed by atoms with Crippen LogP contribution in [0.5, 0.6) is 5.75 Å². The number of nitrogens with one attached hydrogen (secondary N) is 1. The lowest BCUT2D eigenvalue weighted by Gasteiger charge is -2.25. The third kappa shape index (κ3) is 5.27. The van der Waals surface area contributed by atoms with Crippen molar-refractivity contribution < 1.29 is 19.4 Å². The van der Waals surface area contributed by atoms with Gasteiger partial charge in [0.15, 0.2) is 0 Å². The molecule has 126 valence electrons. The van der Waals surface area contributed by atoms with Crippen molar-refractivity contribution in [2.45, 2.75) is 45.6 Å². The predicted octanol–water partition coefficient (Wildman–Crippen LogP) is 2.77. The number of hydrogen-bond donors (Lipinski definition) is 2. The van der Waals surface area contributed by atoms with Crippen LogP contribution in [0.2, 0.25) is 0 Å². The van der Waals surface area contributed by atoms with Gasteiger partial charge in [-0.3, -0.25) is 9.59 Å². The molecule has 23 heavy (non-hydrogen) atoms. The molecule has 1 unspecified atom stereocenters. The number of hydrogen-bond acceptors (Lipinski definition) is 3. The maximum Gasteiger partial charge on any atom is 0.306 e. The molecular weight excluding hydrogens is 294 g/mol. The molecule has 5 heteroatoms. The van der Waals surface area contributed by atoms with E-state index in [9.17, 15) is 9.59 Å². The molecule has 1 saturated carbocycles. The zero-order chi connectivity index (χ0) is 16.8. The van der Waals surface area contributed by atoms with E-state index in [2.05, 4.69) is 5.32 Å². The summed E-state index contributed by atoms with van der Waals surface area (Å²) in [7, 11) is 0. The number of amides is 1. The summed E-state index contributed by atoms with van der Waals surface area (Å²) in [5.41, 5.74) is 1.18. The topological polar surface area (TPSA) is 75.6 Å². The molecule has 0 bridgehead atoms. The van der Waals surface area contributed by atoms with Crippen LogP contribution in [-0.4, -0.2) is 29.6 Å². The summed E-state index contributed by atoms with van der Waals surface area (Å²) >= 11 is 0. The van der Waals surface area contributed by atoms with Crippen LogP contribution in [0, 0.1) is 18.8 Å². The molecule has 0 radical (unpaired) electrons. The third-order valence-corrected chi connectivity index (χ3v) is 4.37. The van der Waals surface area contributed by atoms with Gasteiger partial charge in [-0.15, -0.1) is 0 Å². The number of carbonyl (C=O) groups excluding carboxylic acids is 1. The number of rotatable bonds is 6. The van der Waals surface area contributed by atoms with Gasteiger partial charge in [0.1, 0.15) is 11.9 Å². The van der Waals surface area contributed by atoms with Gasteiger partial charge < -0.3 is 15.2 Å². The van der Waals surface area contributed by atoms with Crippen molar-refractivity contribution >= 4 is 11.9 Å². The standard InChI is InChI=1S/C18H25NO4/c1-12-3-9-16(10-4-12)23-13(2)11-19-17(20)14-5-7-15(8-6-14)18(21)22/h3-4,9-10,13-15H,5-8,11H2,1-2H3,(H,19,20)(H,21,22). The minimum atomic E-state index is -0.746. The van der Waals surface area contributed by atoms with Crippen LogP contribution in [0.25, 0.3) is 0 Å². The SMILES string of the molecule is Cc1ccc(OC(C)CNC(=O)C2CCC(C(=O)O)CC2)cc1. The molecule has 1 aromatic rings. The van der Waals surface area contributed by atoms with Crippen molar-refractivity contribution in [3.8, 4) is 5.75 Å². The molecule has 0 saturated heterocycles. The molecule has 1 aliphatic rings. The molecule has 1 aromatic carbocycles. The van der Waals surface area contributed by atoms with Crippen LogP contribution < -0.4 is 10.1 Å². The number of aryl methyl sites for hydroxylation is 1. The highest BCUT2D eigenvalue weighted by atomic mass is 16.5. The first-order chi connectivity index (χ1) is 11.0. The molecule has 0 heterocycles. The highest BCUT2D eigenvalue weighted by Crippen LogP contribution is 2.29. The van der Waals surface area contributed by atoms with Gasteiger partial charge in [0, 0.05) is 5.92 Å². The molecule has 1 fully saturated rings. The van der Waals surface area contributed by atoms with Crippen molar-refractivity contribution in [2.75, 3.05) is 6.54 Å². The number of carbonyl (C=O) groups is 2. The molecule has 2 rings (SSSR count). The van der Waals surface area contributed by atoms with Gasteiger partial charge in [-0.1, -0.05) is 17.7 Å². The fourth-order valence-electron chi connectivity index (χ4n) is 2.88. The Hall–Kier alpha value is -2.04.